The summed E-state index contributed by atoms with van der Waals surface area (Å²) in [6.45, 7) is 0. The van der Waals surface area contributed by atoms with E-state index in [1.165, 1.54) is 11.3 Å². The number of carbonyl (C=O) groups is 1. The fraction of sp³-hybridized carbons (Fsp3) is 0.375. The molecule has 1 amide bonds. The summed E-state index contributed by atoms with van der Waals surface area (Å²) >= 11 is 1.42. The zero-order valence-electron chi connectivity index (χ0n) is 6.88. The topological polar surface area (TPSA) is 83.6 Å². The molecule has 0 aliphatic rings. The number of hydrogen-bond donors (Lipinski definition) is 3. The van der Waals surface area contributed by atoms with E-state index in [0.717, 1.165) is 0 Å². The van der Waals surface area contributed by atoms with Crippen LogP contribution in [0.25, 0.3) is 0 Å². The van der Waals surface area contributed by atoms with Crippen molar-refractivity contribution in [2.45, 2.75) is 18.6 Å². The Balaban J connectivity index is 2.57. The molecule has 72 valence electrons. The molecule has 2 atom stereocenters. The minimum atomic E-state index is -1.12. The van der Waals surface area contributed by atoms with Gasteiger partial charge in [0.05, 0.1) is 12.5 Å². The first-order chi connectivity index (χ1) is 6.11. The highest BCUT2D eigenvalue weighted by Crippen LogP contribution is 2.20. The summed E-state index contributed by atoms with van der Waals surface area (Å²) in [5.41, 5.74) is 5.49. The van der Waals surface area contributed by atoms with Crippen molar-refractivity contribution < 1.29 is 15.0 Å². The molecule has 13 heavy (non-hydrogen) atoms. The highest BCUT2D eigenvalue weighted by Gasteiger charge is 2.20. The molecule has 1 rings (SSSR count). The van der Waals surface area contributed by atoms with E-state index < -0.39 is 18.1 Å². The standard InChI is InChI=1S/C8H11NO3S/c9-7(11)3-6(10)8(12)5-1-2-13-4-5/h1-2,4,6,8,10,12H,3H2,(H2,9,11). The Morgan fingerprint density at radius 1 is 1.62 bits per heavy atom. The predicted molar refractivity (Wildman–Crippen MR) is 49.1 cm³/mol. The van der Waals surface area contributed by atoms with Gasteiger partial charge in [-0.05, 0) is 22.4 Å². The molecule has 0 saturated carbocycles. The van der Waals surface area contributed by atoms with Crippen LogP contribution in [0.2, 0.25) is 0 Å². The van der Waals surface area contributed by atoms with Gasteiger partial charge < -0.3 is 15.9 Å². The van der Waals surface area contributed by atoms with Gasteiger partial charge in [0.15, 0.2) is 0 Å². The molecule has 1 aromatic rings. The van der Waals surface area contributed by atoms with E-state index >= 15 is 0 Å². The maximum Gasteiger partial charge on any atom is 0.220 e. The van der Waals surface area contributed by atoms with Crippen molar-refractivity contribution in [1.82, 2.24) is 0 Å². The third kappa shape index (κ3) is 2.80. The lowest BCUT2D eigenvalue weighted by Gasteiger charge is -2.14. The summed E-state index contributed by atoms with van der Waals surface area (Å²) < 4.78 is 0. The molecule has 0 aromatic carbocycles. The van der Waals surface area contributed by atoms with E-state index in [1.54, 1.807) is 16.8 Å². The third-order valence-corrected chi connectivity index (χ3v) is 2.36. The number of amides is 1. The minimum Gasteiger partial charge on any atom is -0.390 e. The first-order valence-corrected chi connectivity index (χ1v) is 4.72. The molecule has 0 bridgehead atoms. The maximum atomic E-state index is 10.4. The molecule has 1 heterocycles. The third-order valence-electron chi connectivity index (χ3n) is 1.66. The number of hydrogen-bond acceptors (Lipinski definition) is 4. The second-order valence-electron chi connectivity index (χ2n) is 2.74. The van der Waals surface area contributed by atoms with Gasteiger partial charge in [-0.2, -0.15) is 11.3 Å². The van der Waals surface area contributed by atoms with Crippen LogP contribution in [0.5, 0.6) is 0 Å². The Morgan fingerprint density at radius 2 is 2.31 bits per heavy atom. The van der Waals surface area contributed by atoms with Crippen LogP contribution in [-0.4, -0.2) is 22.2 Å². The Morgan fingerprint density at radius 3 is 2.77 bits per heavy atom. The highest BCUT2D eigenvalue weighted by molar-refractivity contribution is 7.07. The van der Waals surface area contributed by atoms with Crippen molar-refractivity contribution in [3.63, 3.8) is 0 Å². The molecule has 0 fully saturated rings. The smallest absolute Gasteiger partial charge is 0.220 e. The van der Waals surface area contributed by atoms with Crippen LogP contribution in [0.3, 0.4) is 0 Å². The van der Waals surface area contributed by atoms with E-state index in [2.05, 4.69) is 0 Å². The maximum absolute atomic E-state index is 10.4. The fourth-order valence-electron chi connectivity index (χ4n) is 0.983. The lowest BCUT2D eigenvalue weighted by molar-refractivity contribution is -0.121. The SMILES string of the molecule is NC(=O)CC(O)C(O)c1ccsc1. The van der Waals surface area contributed by atoms with Crippen LogP contribution in [0, 0.1) is 0 Å². The second-order valence-corrected chi connectivity index (χ2v) is 3.52. The summed E-state index contributed by atoms with van der Waals surface area (Å²) in [6.07, 6.45) is -2.37. The van der Waals surface area contributed by atoms with Crippen LogP contribution in [0.4, 0.5) is 0 Å². The molecule has 0 aliphatic heterocycles. The average molecular weight is 201 g/mol. The molecule has 5 heteroatoms. The van der Waals surface area contributed by atoms with Gasteiger partial charge in [0.1, 0.15) is 6.10 Å². The first-order valence-electron chi connectivity index (χ1n) is 3.78. The first kappa shape index (κ1) is 10.2. The zero-order valence-corrected chi connectivity index (χ0v) is 7.70. The van der Waals surface area contributed by atoms with Gasteiger partial charge >= 0.3 is 0 Å². The minimum absolute atomic E-state index is 0.225. The second kappa shape index (κ2) is 4.36. The summed E-state index contributed by atoms with van der Waals surface area (Å²) in [5.74, 6) is -0.623. The molecule has 0 saturated heterocycles. The molecule has 4 nitrogen and oxygen atoms in total. The number of aliphatic hydroxyl groups excluding tert-OH is 2. The van der Waals surface area contributed by atoms with Crippen LogP contribution < -0.4 is 5.73 Å². The molecule has 2 unspecified atom stereocenters. The van der Waals surface area contributed by atoms with Crippen LogP contribution >= 0.6 is 11.3 Å². The summed E-state index contributed by atoms with van der Waals surface area (Å²) in [5, 5.41) is 22.3. The van der Waals surface area contributed by atoms with Gasteiger partial charge in [0.2, 0.25) is 5.91 Å². The van der Waals surface area contributed by atoms with E-state index in [1.807, 2.05) is 0 Å². The van der Waals surface area contributed by atoms with Gasteiger partial charge in [-0.3, -0.25) is 4.79 Å². The van der Waals surface area contributed by atoms with Crippen LogP contribution in [0.1, 0.15) is 18.1 Å². The Bertz CT molecular complexity index is 273. The van der Waals surface area contributed by atoms with Gasteiger partial charge in [-0.1, -0.05) is 0 Å². The van der Waals surface area contributed by atoms with E-state index in [4.69, 9.17) is 5.73 Å². The van der Waals surface area contributed by atoms with E-state index in [0.29, 0.717) is 5.56 Å². The van der Waals surface area contributed by atoms with Crippen LogP contribution in [0.15, 0.2) is 16.8 Å². The lowest BCUT2D eigenvalue weighted by Crippen LogP contribution is -2.25. The molecule has 0 aliphatic carbocycles. The van der Waals surface area contributed by atoms with Crippen molar-refractivity contribution in [1.29, 1.82) is 0 Å². The van der Waals surface area contributed by atoms with Crippen molar-refractivity contribution in [3.05, 3.63) is 22.4 Å². The Hall–Kier alpha value is -0.910. The Labute approximate surface area is 79.6 Å². The van der Waals surface area contributed by atoms with Crippen LogP contribution in [-0.2, 0) is 4.79 Å². The van der Waals surface area contributed by atoms with Gasteiger partial charge in [-0.25, -0.2) is 0 Å². The number of thiophene rings is 1. The van der Waals surface area contributed by atoms with Crippen molar-refractivity contribution >= 4 is 17.2 Å². The molecule has 4 N–H and O–H groups in total. The normalized spacial score (nSPS) is 15.2. The quantitative estimate of drug-likeness (QED) is 0.642. The largest absolute Gasteiger partial charge is 0.390 e. The number of primary amides is 1. The van der Waals surface area contributed by atoms with E-state index in [9.17, 15) is 15.0 Å². The molecule has 0 radical (unpaired) electrons. The van der Waals surface area contributed by atoms with E-state index in [-0.39, 0.29) is 6.42 Å². The van der Waals surface area contributed by atoms with Crippen molar-refractivity contribution in [2.75, 3.05) is 0 Å². The predicted octanol–water partition coefficient (Wildman–Crippen LogP) is 0.0178. The molecular weight excluding hydrogens is 190 g/mol. The molecular formula is C8H11NO3S. The summed E-state index contributed by atoms with van der Waals surface area (Å²) in [7, 11) is 0. The van der Waals surface area contributed by atoms with Gasteiger partial charge in [-0.15, -0.1) is 0 Å². The molecule has 0 spiro atoms. The Kier molecular flexibility index (Phi) is 3.41. The highest BCUT2D eigenvalue weighted by atomic mass is 32.1. The van der Waals surface area contributed by atoms with Gasteiger partial charge in [0, 0.05) is 0 Å². The summed E-state index contributed by atoms with van der Waals surface area (Å²) in [6, 6.07) is 1.69. The summed E-state index contributed by atoms with van der Waals surface area (Å²) in [4.78, 5) is 10.4. The zero-order chi connectivity index (χ0) is 9.84. The fourth-order valence-corrected chi connectivity index (χ4v) is 1.67. The number of nitrogens with two attached hydrogens (primary N) is 1. The average Bonchev–Trinajstić information content (AvgIpc) is 2.53. The van der Waals surface area contributed by atoms with Crippen molar-refractivity contribution in [3.8, 4) is 0 Å². The lowest BCUT2D eigenvalue weighted by atomic mass is 10.1. The number of rotatable bonds is 4. The van der Waals surface area contributed by atoms with Crippen molar-refractivity contribution in [2.24, 2.45) is 5.73 Å². The van der Waals surface area contributed by atoms with Gasteiger partial charge in [0.25, 0.3) is 0 Å². The number of carbonyl (C=O) groups excluding carboxylic acids is 1. The monoisotopic (exact) mass is 201 g/mol. The number of aliphatic hydroxyl groups is 2. The molecule has 1 aromatic heterocycles.